The summed E-state index contributed by atoms with van der Waals surface area (Å²) in [5.74, 6) is 1.36. The van der Waals surface area contributed by atoms with Crippen molar-refractivity contribution in [2.75, 3.05) is 32.6 Å². The van der Waals surface area contributed by atoms with Crippen molar-refractivity contribution in [1.29, 1.82) is 0 Å². The Bertz CT molecular complexity index is 889. The van der Waals surface area contributed by atoms with Gasteiger partial charge in [-0.1, -0.05) is 0 Å². The van der Waals surface area contributed by atoms with Gasteiger partial charge in [0.2, 0.25) is 0 Å². The molecule has 2 aromatic rings. The third-order valence-corrected chi connectivity index (χ3v) is 5.16. The highest BCUT2D eigenvalue weighted by Crippen LogP contribution is 2.40. The van der Waals surface area contributed by atoms with E-state index >= 15 is 0 Å². The number of anilines is 1. The number of rotatable bonds is 4. The summed E-state index contributed by atoms with van der Waals surface area (Å²) >= 11 is 0. The van der Waals surface area contributed by atoms with Crippen molar-refractivity contribution in [2.45, 2.75) is 37.9 Å². The molecule has 2 atom stereocenters. The van der Waals surface area contributed by atoms with Gasteiger partial charge in [-0.25, -0.2) is 4.39 Å². The number of hydrogen-bond acceptors (Lipinski definition) is 7. The molecule has 1 saturated heterocycles. The van der Waals surface area contributed by atoms with Crippen molar-refractivity contribution >= 4 is 29.5 Å². The number of halogens is 1. The van der Waals surface area contributed by atoms with E-state index in [1.807, 2.05) is 12.1 Å². The molecule has 4 rings (SSSR count). The van der Waals surface area contributed by atoms with Gasteiger partial charge in [0.05, 0.1) is 19.7 Å². The van der Waals surface area contributed by atoms with Crippen LogP contribution in [0.1, 0.15) is 24.1 Å². The van der Waals surface area contributed by atoms with E-state index in [4.69, 9.17) is 34.3 Å². The normalized spacial score (nSPS) is 19.1. The molecule has 31 heavy (non-hydrogen) atoms. The van der Waals surface area contributed by atoms with E-state index in [1.165, 1.54) is 5.56 Å². The Morgan fingerprint density at radius 2 is 1.77 bits per heavy atom. The Hall–Kier alpha value is -3.14. The van der Waals surface area contributed by atoms with Crippen molar-refractivity contribution in [2.24, 2.45) is 0 Å². The second-order valence-corrected chi connectivity index (χ2v) is 7.03. The molecule has 0 saturated carbocycles. The van der Waals surface area contributed by atoms with Crippen LogP contribution in [0.25, 0.3) is 10.9 Å². The van der Waals surface area contributed by atoms with Gasteiger partial charge in [0.15, 0.2) is 11.5 Å². The molecule has 2 aliphatic rings. The van der Waals surface area contributed by atoms with E-state index in [9.17, 15) is 4.39 Å². The molecule has 4 N–H and O–H groups in total. The number of ether oxygens (including phenoxy) is 2. The first-order valence-electron chi connectivity index (χ1n) is 9.87. The summed E-state index contributed by atoms with van der Waals surface area (Å²) in [6, 6.07) is 3.98. The minimum absolute atomic E-state index is 0.0761. The van der Waals surface area contributed by atoms with Gasteiger partial charge in [-0.3, -0.25) is 14.6 Å². The fourth-order valence-corrected chi connectivity index (χ4v) is 3.96. The van der Waals surface area contributed by atoms with Gasteiger partial charge < -0.3 is 30.3 Å². The molecular weight excluding hydrogens is 409 g/mol. The van der Waals surface area contributed by atoms with Crippen LogP contribution in [0.4, 0.5) is 10.1 Å². The van der Waals surface area contributed by atoms with Crippen molar-refractivity contribution in [1.82, 2.24) is 10.3 Å². The van der Waals surface area contributed by atoms with Crippen molar-refractivity contribution in [3.05, 3.63) is 23.4 Å². The lowest BCUT2D eigenvalue weighted by Gasteiger charge is -2.29. The van der Waals surface area contributed by atoms with Gasteiger partial charge in [0.25, 0.3) is 12.9 Å². The number of nitrogens with zero attached hydrogens (tertiary/aromatic N) is 1. The molecular formula is C21H28FN3O6. The van der Waals surface area contributed by atoms with Crippen LogP contribution >= 0.6 is 0 Å². The van der Waals surface area contributed by atoms with Crippen LogP contribution < -0.4 is 20.1 Å². The van der Waals surface area contributed by atoms with Gasteiger partial charge in [-0.2, -0.15) is 0 Å². The van der Waals surface area contributed by atoms with Crippen LogP contribution in [0.5, 0.6) is 11.5 Å². The monoisotopic (exact) mass is 437 g/mol. The van der Waals surface area contributed by atoms with E-state index in [2.05, 4.69) is 10.6 Å². The van der Waals surface area contributed by atoms with E-state index in [-0.39, 0.29) is 19.0 Å². The predicted molar refractivity (Wildman–Crippen MR) is 114 cm³/mol. The zero-order valence-corrected chi connectivity index (χ0v) is 17.6. The molecule has 1 aromatic carbocycles. The van der Waals surface area contributed by atoms with Crippen LogP contribution in [-0.2, 0) is 22.4 Å². The van der Waals surface area contributed by atoms with Gasteiger partial charge in [0.1, 0.15) is 6.17 Å². The van der Waals surface area contributed by atoms with Gasteiger partial charge in [-0.15, -0.1) is 0 Å². The molecule has 1 aliphatic heterocycles. The number of pyridine rings is 1. The van der Waals surface area contributed by atoms with E-state index in [0.29, 0.717) is 24.5 Å². The Morgan fingerprint density at radius 1 is 1.13 bits per heavy atom. The minimum atomic E-state index is -0.804. The van der Waals surface area contributed by atoms with Crippen molar-refractivity contribution < 1.29 is 33.7 Å². The average molecular weight is 437 g/mol. The molecule has 1 aromatic heterocycles. The third-order valence-electron chi connectivity index (χ3n) is 5.16. The number of aryl methyl sites for hydroxylation is 1. The number of fused-ring (bicyclic) bond motifs is 2. The molecule has 0 bridgehead atoms. The fourth-order valence-electron chi connectivity index (χ4n) is 3.96. The summed E-state index contributed by atoms with van der Waals surface area (Å²) in [4.78, 5) is 21.6. The predicted octanol–water partition coefficient (Wildman–Crippen LogP) is 2.25. The largest absolute Gasteiger partial charge is 0.493 e. The number of methoxy groups -OCH3 is 2. The van der Waals surface area contributed by atoms with Crippen LogP contribution in [-0.4, -0.2) is 67.7 Å². The number of hydrogen-bond donors (Lipinski definition) is 4. The van der Waals surface area contributed by atoms with Gasteiger partial charge in [-0.05, 0) is 30.9 Å². The Balaban J connectivity index is 0.000000513. The standard InChI is InChI=1S/C19H24FN3O2.2CH2O2/c1-24-17-7-14-16(8-18(17)25-2)23-15-5-3-4-13(15)19(14)22-12-6-11(20)9-21-10-12;2*2-1-3/h7-8,11-12,21H,3-6,9-10H2,1-2H3,(H,22,23);2*1H,(H,2,3)/t11-,12-;;/m1../s1. The maximum absolute atomic E-state index is 13.8. The Morgan fingerprint density at radius 3 is 2.39 bits per heavy atom. The fraction of sp³-hybridized carbons (Fsp3) is 0.476. The molecule has 9 nitrogen and oxygen atoms in total. The summed E-state index contributed by atoms with van der Waals surface area (Å²) in [6.45, 7) is 0.713. The lowest BCUT2D eigenvalue weighted by Crippen LogP contribution is -2.44. The molecule has 170 valence electrons. The maximum atomic E-state index is 13.8. The highest BCUT2D eigenvalue weighted by Gasteiger charge is 2.26. The first kappa shape index (κ1) is 24.1. The summed E-state index contributed by atoms with van der Waals surface area (Å²) in [5.41, 5.74) is 4.38. The lowest BCUT2D eigenvalue weighted by molar-refractivity contribution is -0.123. The number of carbonyl (C=O) groups is 2. The Labute approximate surface area is 179 Å². The van der Waals surface area contributed by atoms with Crippen molar-refractivity contribution in [3.63, 3.8) is 0 Å². The summed E-state index contributed by atoms with van der Waals surface area (Å²) in [6.07, 6.45) is 2.83. The number of aromatic nitrogens is 1. The highest BCUT2D eigenvalue weighted by molar-refractivity contribution is 5.96. The van der Waals surface area contributed by atoms with Crippen LogP contribution in [0.3, 0.4) is 0 Å². The molecule has 0 unspecified atom stereocenters. The summed E-state index contributed by atoms with van der Waals surface area (Å²) in [7, 11) is 3.27. The molecule has 2 heterocycles. The average Bonchev–Trinajstić information content (AvgIpc) is 3.22. The maximum Gasteiger partial charge on any atom is 0.290 e. The number of piperidine rings is 1. The summed E-state index contributed by atoms with van der Waals surface area (Å²) < 4.78 is 24.7. The van der Waals surface area contributed by atoms with Crippen LogP contribution in [0.15, 0.2) is 12.1 Å². The number of benzene rings is 1. The van der Waals surface area contributed by atoms with Crippen LogP contribution in [0.2, 0.25) is 0 Å². The second kappa shape index (κ2) is 11.9. The molecule has 10 heteroatoms. The minimum Gasteiger partial charge on any atom is -0.493 e. The quantitative estimate of drug-likeness (QED) is 0.532. The zero-order valence-electron chi connectivity index (χ0n) is 17.6. The lowest BCUT2D eigenvalue weighted by atomic mass is 10.0. The SMILES string of the molecule is COc1cc2nc3c(c(N[C@H]4CNC[C@H](F)C4)c2cc1OC)CCC3.O=CO.O=CO. The molecule has 0 radical (unpaired) electrons. The van der Waals surface area contributed by atoms with Gasteiger partial charge >= 0.3 is 0 Å². The Kier molecular flexibility index (Phi) is 9.26. The molecule has 1 fully saturated rings. The number of alkyl halides is 1. The van der Waals surface area contributed by atoms with Crippen LogP contribution in [0, 0.1) is 0 Å². The van der Waals surface area contributed by atoms with Gasteiger partial charge in [0, 0.05) is 48.4 Å². The number of nitrogens with one attached hydrogen (secondary N) is 2. The van der Waals surface area contributed by atoms with E-state index in [1.54, 1.807) is 14.2 Å². The molecule has 0 amide bonds. The smallest absolute Gasteiger partial charge is 0.290 e. The zero-order chi connectivity index (χ0) is 22.8. The number of carboxylic acid groups (broad SMARTS) is 2. The second-order valence-electron chi connectivity index (χ2n) is 7.03. The first-order chi connectivity index (χ1) is 15.0. The van der Waals surface area contributed by atoms with Crippen molar-refractivity contribution in [3.8, 4) is 11.5 Å². The topological polar surface area (TPSA) is 130 Å². The molecule has 1 aliphatic carbocycles. The first-order valence-corrected chi connectivity index (χ1v) is 9.87. The molecule has 0 spiro atoms. The van der Waals surface area contributed by atoms with E-state index in [0.717, 1.165) is 48.1 Å². The summed E-state index contributed by atoms with van der Waals surface area (Å²) in [5, 5.41) is 21.6. The highest BCUT2D eigenvalue weighted by atomic mass is 19.1. The van der Waals surface area contributed by atoms with E-state index < -0.39 is 6.17 Å². The third kappa shape index (κ3) is 5.94.